The minimum atomic E-state index is -3.52. The molecule has 0 fully saturated rings. The van der Waals surface area contributed by atoms with Crippen LogP contribution in [0.5, 0.6) is 0 Å². The van der Waals surface area contributed by atoms with Crippen LogP contribution in [0.2, 0.25) is 0 Å². The van der Waals surface area contributed by atoms with Gasteiger partial charge < -0.3 is 20.4 Å². The van der Waals surface area contributed by atoms with Gasteiger partial charge in [-0.05, 0) is 79.1 Å². The van der Waals surface area contributed by atoms with Crippen LogP contribution in [-0.2, 0) is 30.1 Å². The zero-order valence-electron chi connectivity index (χ0n) is 44.0. The van der Waals surface area contributed by atoms with E-state index in [1.165, 1.54) is 85.7 Å². The molecule has 0 saturated carbocycles. The molecule has 0 aliphatic heterocycles. The van der Waals surface area contributed by atoms with E-state index in [0.29, 0.717) is 33.6 Å². The molecule has 0 aliphatic carbocycles. The summed E-state index contributed by atoms with van der Waals surface area (Å²) in [5.41, 5.74) is 3.02. The van der Waals surface area contributed by atoms with Gasteiger partial charge in [-0.25, -0.2) is 82.5 Å². The van der Waals surface area contributed by atoms with E-state index in [9.17, 15) is 47.2 Å². The Balaban J connectivity index is 0.000000327. The first-order valence-electron chi connectivity index (χ1n) is 23.6. The number of anilines is 3. The molecule has 7 N–H and O–H groups in total. The Morgan fingerprint density at radius 2 is 0.859 bits per heavy atom. The fourth-order valence-electron chi connectivity index (χ4n) is 7.35. The lowest BCUT2D eigenvalue weighted by atomic mass is 10.0. The zero-order valence-corrected chi connectivity index (χ0v) is 50.8. The average Bonchev–Trinajstić information content (AvgIpc) is 3.89. The van der Waals surface area contributed by atoms with Crippen molar-refractivity contribution in [2.75, 3.05) is 34.7 Å². The second kappa shape index (κ2) is 33.5. The third kappa shape index (κ3) is 24.0. The highest BCUT2D eigenvalue weighted by Gasteiger charge is 2.27. The summed E-state index contributed by atoms with van der Waals surface area (Å²) in [4.78, 5) is 24.6. The molecule has 0 spiro atoms. The first-order valence-corrected chi connectivity index (χ1v) is 35.5. The molecule has 26 nitrogen and oxygen atoms in total. The number of hydrogen-bond donors (Lipinski definition) is 7. The number of sulfonamides is 3. The number of nitrogens with zero attached hydrogens (tertiary/aromatic N) is 12. The predicted octanol–water partition coefficient (Wildman–Crippen LogP) is 8.20. The number of alkyl halides is 2. The van der Waals surface area contributed by atoms with Crippen molar-refractivity contribution in [2.24, 2.45) is 0 Å². The molecule has 6 atom stereocenters. The van der Waals surface area contributed by atoms with Crippen LogP contribution in [0.4, 0.5) is 39.8 Å². The van der Waals surface area contributed by atoms with E-state index in [4.69, 9.17) is 9.68 Å². The van der Waals surface area contributed by atoms with Gasteiger partial charge in [-0.3, -0.25) is 0 Å². The normalized spacial score (nSPS) is 13.3. The number of halogens is 7. The van der Waals surface area contributed by atoms with Gasteiger partial charge in [0.25, 0.3) is 11.8 Å². The minimum absolute atomic E-state index is 0. The number of aromatic amines is 1. The Hall–Kier alpha value is -7.16. The molecule has 5 aromatic heterocycles. The van der Waals surface area contributed by atoms with Crippen molar-refractivity contribution in [3.8, 4) is 28.9 Å². The van der Waals surface area contributed by atoms with Crippen LogP contribution >= 0.6 is 37.2 Å². The highest BCUT2D eigenvalue weighted by Crippen LogP contribution is 2.27. The summed E-state index contributed by atoms with van der Waals surface area (Å²) in [7, 11) is -10.4. The molecular formula is C49H58F5I2N19O7S3. The van der Waals surface area contributed by atoms with Crippen molar-refractivity contribution in [2.45, 2.75) is 78.3 Å². The molecule has 0 bridgehead atoms. The van der Waals surface area contributed by atoms with Crippen molar-refractivity contribution in [3.05, 3.63) is 156 Å². The SMILES string of the molecule is C.C.CC(NS(C)(=O)=O)C(Nc1ncc(-c2nn[nH]n2)cn1)c1ccc(F)cc1.CC(NS(C)(=O)=O)C(Nc1ncc(-c2nnc(C(F)F)o2)cn1)c1ccc(F)cc1.CC(NS(C)(=O)=O)C(Nc1ncc(C#N)cn1)c1ccc(F)cc1.II. The summed E-state index contributed by atoms with van der Waals surface area (Å²) in [6.45, 7) is 4.99. The third-order valence-electron chi connectivity index (χ3n) is 10.8. The van der Waals surface area contributed by atoms with Crippen molar-refractivity contribution in [3.63, 3.8) is 0 Å². The van der Waals surface area contributed by atoms with Gasteiger partial charge in [0, 0.05) is 80.1 Å². The summed E-state index contributed by atoms with van der Waals surface area (Å²) >= 11 is 4.24. The van der Waals surface area contributed by atoms with E-state index in [1.807, 2.05) is 6.07 Å². The van der Waals surface area contributed by atoms with Gasteiger partial charge in [-0.2, -0.15) is 19.3 Å². The first kappa shape index (κ1) is 72.1. The summed E-state index contributed by atoms with van der Waals surface area (Å²) in [6.07, 6.45) is 8.56. The molecule has 8 aromatic rings. The monoisotopic (exact) mass is 1470 g/mol. The second-order valence-electron chi connectivity index (χ2n) is 17.5. The van der Waals surface area contributed by atoms with Gasteiger partial charge in [-0.1, -0.05) is 51.3 Å². The van der Waals surface area contributed by atoms with Crippen molar-refractivity contribution in [1.82, 2.24) is 74.9 Å². The molecule has 0 amide bonds. The van der Waals surface area contributed by atoms with E-state index in [1.54, 1.807) is 45.0 Å². The van der Waals surface area contributed by atoms with Gasteiger partial charge in [0.1, 0.15) is 23.5 Å². The lowest BCUT2D eigenvalue weighted by Gasteiger charge is -2.26. The molecular weight excluding hydrogens is 1410 g/mol. The minimum Gasteiger partial charge on any atom is -0.415 e. The smallest absolute Gasteiger partial charge is 0.314 e. The second-order valence-corrected chi connectivity index (χ2v) is 22.9. The number of H-pyrrole nitrogens is 1. The number of nitriles is 1. The largest absolute Gasteiger partial charge is 0.415 e. The average molecular weight is 1470 g/mol. The van der Waals surface area contributed by atoms with E-state index < -0.39 is 90.3 Å². The number of benzene rings is 3. The van der Waals surface area contributed by atoms with Crippen LogP contribution in [0, 0.1) is 28.8 Å². The van der Waals surface area contributed by atoms with Crippen molar-refractivity contribution in [1.29, 1.82) is 5.26 Å². The molecule has 36 heteroatoms. The number of hydrogen-bond acceptors (Lipinski definition) is 22. The Labute approximate surface area is 510 Å². The molecule has 3 aromatic carbocycles. The number of tetrazole rings is 1. The molecule has 0 radical (unpaired) electrons. The van der Waals surface area contributed by atoms with E-state index in [-0.39, 0.29) is 50.0 Å². The summed E-state index contributed by atoms with van der Waals surface area (Å²) in [6, 6.07) is 15.4. The van der Waals surface area contributed by atoms with Crippen LogP contribution in [0.1, 0.15) is 88.3 Å². The van der Waals surface area contributed by atoms with Crippen molar-refractivity contribution < 1.29 is 51.6 Å². The Morgan fingerprint density at radius 1 is 0.529 bits per heavy atom. The molecule has 85 heavy (non-hydrogen) atoms. The quantitative estimate of drug-likeness (QED) is 0.0263. The molecule has 0 aliphatic rings. The van der Waals surface area contributed by atoms with Gasteiger partial charge in [0.05, 0.1) is 66.0 Å². The lowest BCUT2D eigenvalue weighted by molar-refractivity contribution is 0.116. The van der Waals surface area contributed by atoms with E-state index in [0.717, 1.165) is 18.8 Å². The maximum absolute atomic E-state index is 13.3. The number of aromatic nitrogens is 12. The van der Waals surface area contributed by atoms with Crippen LogP contribution in [0.15, 0.2) is 114 Å². The summed E-state index contributed by atoms with van der Waals surface area (Å²) in [5.74, 6) is -1.25. The summed E-state index contributed by atoms with van der Waals surface area (Å²) < 4.78 is 147. The van der Waals surface area contributed by atoms with Gasteiger partial charge in [0.15, 0.2) is 0 Å². The maximum atomic E-state index is 13.3. The molecule has 8 rings (SSSR count). The van der Waals surface area contributed by atoms with Gasteiger partial charge in [0.2, 0.25) is 53.7 Å². The summed E-state index contributed by atoms with van der Waals surface area (Å²) in [5, 5.41) is 38.1. The van der Waals surface area contributed by atoms with Crippen LogP contribution in [0.25, 0.3) is 22.8 Å². The maximum Gasteiger partial charge on any atom is 0.314 e. The van der Waals surface area contributed by atoms with Crippen LogP contribution in [0.3, 0.4) is 0 Å². The van der Waals surface area contributed by atoms with Gasteiger partial charge in [-0.15, -0.1) is 20.4 Å². The van der Waals surface area contributed by atoms with E-state index in [2.05, 4.69) is 128 Å². The Morgan fingerprint density at radius 3 is 1.14 bits per heavy atom. The molecule has 5 heterocycles. The number of nitrogens with one attached hydrogen (secondary N) is 7. The fourth-order valence-corrected chi connectivity index (χ4v) is 9.78. The predicted molar refractivity (Wildman–Crippen MR) is 324 cm³/mol. The van der Waals surface area contributed by atoms with Crippen LogP contribution < -0.4 is 30.1 Å². The Kier molecular flexibility index (Phi) is 28.4. The molecule has 458 valence electrons. The van der Waals surface area contributed by atoms with Crippen LogP contribution in [-0.4, -0.2) is 123 Å². The fraction of sp³-hybridized carbons (Fsp3) is 0.306. The highest BCUT2D eigenvalue weighted by atomic mass is 128. The third-order valence-corrected chi connectivity index (χ3v) is 13.2. The first-order chi connectivity index (χ1) is 39.2. The molecule has 0 saturated heterocycles. The lowest BCUT2D eigenvalue weighted by Crippen LogP contribution is -2.39. The van der Waals surface area contributed by atoms with Crippen molar-refractivity contribution >= 4 is 85.1 Å². The Bertz CT molecular complexity index is 3690. The topological polar surface area (TPSA) is 369 Å². The van der Waals surface area contributed by atoms with E-state index >= 15 is 0 Å². The highest BCUT2D eigenvalue weighted by molar-refractivity contribution is 15.0. The standard InChI is InChI=1S/C17H17F3N6O3S.C15H17FN8O2S.C15H16FN5O2S.2CH4.I2/c1-9(26-30(2,27)28)13(10-3-5-12(18)6-4-10)23-17-21-7-11(8-22-17)15-24-25-16(29-15)14(19)20;1-9(22-27(2,25)26)13(10-3-5-12(16)6-4-10)19-15-17-7-11(8-18-15)14-20-23-24-21-14;1-10(21-24(2,22)23)14(12-3-5-13(16)6-4-12)20-15-18-8-11(7-17)9-19-15;;;1-2/h3-9,13-14,26H,1-2H3,(H,21,22,23);3-9,13,22H,1-2H3,(H,17,18,19)(H,20,21,23,24);3-6,8-10,14,21H,1-2H3,(H,18,19,20);2*1H4;. The zero-order chi connectivity index (χ0) is 61.1. The van der Waals surface area contributed by atoms with Gasteiger partial charge >= 0.3 is 6.43 Å². The number of rotatable bonds is 21. The molecule has 6 unspecified atom stereocenters.